The van der Waals surface area contributed by atoms with Crippen LogP contribution in [0.15, 0.2) is 0 Å². The summed E-state index contributed by atoms with van der Waals surface area (Å²) in [5.41, 5.74) is 3.45. The standard InChI is InChI=1S/C9H19N5OS/c1-7(2)14(4-3-5-15)6-8-9(11-10)16-13-12-8/h7,11,15H,3-6,10H2,1-2H3. The Kier molecular flexibility index (Phi) is 5.61. The third kappa shape index (κ3) is 3.67. The predicted octanol–water partition coefficient (Wildman–Crippen LogP) is 0.417. The lowest BCUT2D eigenvalue weighted by atomic mass is 10.2. The van der Waals surface area contributed by atoms with Crippen LogP contribution in [0.25, 0.3) is 0 Å². The number of nitrogens with two attached hydrogens (primary N) is 1. The fraction of sp³-hybridized carbons (Fsp3) is 0.778. The SMILES string of the molecule is CC(C)N(CCCO)Cc1nnsc1NN. The van der Waals surface area contributed by atoms with E-state index in [1.54, 1.807) is 0 Å². The molecular formula is C9H19N5OS. The van der Waals surface area contributed by atoms with Crippen molar-refractivity contribution in [3.63, 3.8) is 0 Å². The van der Waals surface area contributed by atoms with Crippen LogP contribution in [0, 0.1) is 0 Å². The number of hydrogen-bond acceptors (Lipinski definition) is 7. The molecule has 92 valence electrons. The highest BCUT2D eigenvalue weighted by atomic mass is 32.1. The molecule has 0 aliphatic heterocycles. The number of aliphatic hydroxyl groups excluding tert-OH is 1. The van der Waals surface area contributed by atoms with E-state index in [0.717, 1.165) is 23.7 Å². The van der Waals surface area contributed by atoms with Gasteiger partial charge in [0.05, 0.1) is 0 Å². The van der Waals surface area contributed by atoms with Crippen molar-refractivity contribution in [2.75, 3.05) is 18.6 Å². The maximum atomic E-state index is 8.84. The molecule has 1 rings (SSSR count). The molecule has 1 heterocycles. The molecule has 1 aromatic rings. The van der Waals surface area contributed by atoms with Gasteiger partial charge >= 0.3 is 0 Å². The summed E-state index contributed by atoms with van der Waals surface area (Å²) in [7, 11) is 0. The van der Waals surface area contributed by atoms with Crippen LogP contribution in [0.3, 0.4) is 0 Å². The molecule has 1 aromatic heterocycles. The van der Waals surface area contributed by atoms with Gasteiger partial charge in [0.2, 0.25) is 0 Å². The van der Waals surface area contributed by atoms with Gasteiger partial charge in [-0.1, -0.05) is 4.49 Å². The van der Waals surface area contributed by atoms with Crippen LogP contribution >= 0.6 is 11.5 Å². The van der Waals surface area contributed by atoms with Crippen LogP contribution in [0.5, 0.6) is 0 Å². The second-order valence-corrected chi connectivity index (χ2v) is 4.59. The molecule has 7 heteroatoms. The van der Waals surface area contributed by atoms with E-state index < -0.39 is 0 Å². The summed E-state index contributed by atoms with van der Waals surface area (Å²) >= 11 is 1.25. The Morgan fingerprint density at radius 2 is 2.31 bits per heavy atom. The van der Waals surface area contributed by atoms with Crippen LogP contribution in [0.2, 0.25) is 0 Å². The largest absolute Gasteiger partial charge is 0.396 e. The zero-order valence-corrected chi connectivity index (χ0v) is 10.5. The number of nitrogen functional groups attached to an aromatic ring is 1. The highest BCUT2D eigenvalue weighted by Crippen LogP contribution is 2.18. The summed E-state index contributed by atoms with van der Waals surface area (Å²) in [5, 5.41) is 13.7. The number of nitrogens with zero attached hydrogens (tertiary/aromatic N) is 3. The number of nitrogens with one attached hydrogen (secondary N) is 1. The number of rotatable bonds is 7. The Labute approximate surface area is 99.6 Å². The van der Waals surface area contributed by atoms with Crippen molar-refractivity contribution in [1.29, 1.82) is 0 Å². The first-order valence-corrected chi connectivity index (χ1v) is 6.09. The molecule has 0 saturated carbocycles. The molecule has 4 N–H and O–H groups in total. The summed E-state index contributed by atoms with van der Waals surface area (Å²) in [6, 6.07) is 0.402. The van der Waals surface area contributed by atoms with Crippen LogP contribution in [-0.2, 0) is 6.54 Å². The quantitative estimate of drug-likeness (QED) is 0.476. The maximum absolute atomic E-state index is 8.84. The second kappa shape index (κ2) is 6.74. The Bertz CT molecular complexity index is 304. The number of anilines is 1. The summed E-state index contributed by atoms with van der Waals surface area (Å²) < 4.78 is 3.86. The summed E-state index contributed by atoms with van der Waals surface area (Å²) in [4.78, 5) is 2.23. The number of aromatic nitrogens is 2. The predicted molar refractivity (Wildman–Crippen MR) is 65.0 cm³/mol. The Morgan fingerprint density at radius 1 is 1.56 bits per heavy atom. The molecule has 0 bridgehead atoms. The lowest BCUT2D eigenvalue weighted by Gasteiger charge is -2.25. The summed E-state index contributed by atoms with van der Waals surface area (Å²) in [5.74, 6) is 5.37. The minimum atomic E-state index is 0.209. The zero-order valence-electron chi connectivity index (χ0n) is 9.68. The number of aliphatic hydroxyl groups is 1. The minimum Gasteiger partial charge on any atom is -0.396 e. The van der Waals surface area contributed by atoms with E-state index in [2.05, 4.69) is 33.8 Å². The molecular weight excluding hydrogens is 226 g/mol. The molecule has 0 amide bonds. The normalized spacial score (nSPS) is 11.4. The topological polar surface area (TPSA) is 87.3 Å². The van der Waals surface area contributed by atoms with E-state index in [1.165, 1.54) is 11.5 Å². The molecule has 0 fully saturated rings. The average molecular weight is 245 g/mol. The Hall–Kier alpha value is -0.760. The van der Waals surface area contributed by atoms with Crippen LogP contribution in [0.4, 0.5) is 5.00 Å². The maximum Gasteiger partial charge on any atom is 0.148 e. The second-order valence-electron chi connectivity index (χ2n) is 3.83. The van der Waals surface area contributed by atoms with Gasteiger partial charge in [-0.25, -0.2) is 5.84 Å². The third-order valence-electron chi connectivity index (χ3n) is 2.37. The summed E-state index contributed by atoms with van der Waals surface area (Å²) in [6.07, 6.45) is 0.765. The van der Waals surface area contributed by atoms with Crippen molar-refractivity contribution >= 4 is 16.5 Å². The van der Waals surface area contributed by atoms with Crippen molar-refractivity contribution in [2.24, 2.45) is 5.84 Å². The summed E-state index contributed by atoms with van der Waals surface area (Å²) in [6.45, 7) is 5.99. The van der Waals surface area contributed by atoms with Gasteiger partial charge in [-0.15, -0.1) is 5.10 Å². The molecule has 0 saturated heterocycles. The molecule has 0 aliphatic rings. The number of hydrazine groups is 1. The van der Waals surface area contributed by atoms with E-state index in [9.17, 15) is 0 Å². The van der Waals surface area contributed by atoms with Crippen molar-refractivity contribution in [3.05, 3.63) is 5.69 Å². The minimum absolute atomic E-state index is 0.209. The Morgan fingerprint density at radius 3 is 2.88 bits per heavy atom. The first-order valence-electron chi connectivity index (χ1n) is 5.31. The molecule has 0 spiro atoms. The van der Waals surface area contributed by atoms with E-state index in [0.29, 0.717) is 12.6 Å². The zero-order chi connectivity index (χ0) is 12.0. The molecule has 0 aromatic carbocycles. The van der Waals surface area contributed by atoms with Gasteiger partial charge in [0, 0.05) is 37.3 Å². The smallest absolute Gasteiger partial charge is 0.148 e. The van der Waals surface area contributed by atoms with Gasteiger partial charge < -0.3 is 10.5 Å². The van der Waals surface area contributed by atoms with Gasteiger partial charge in [-0.05, 0) is 20.3 Å². The molecule has 0 aliphatic carbocycles. The van der Waals surface area contributed by atoms with Crippen LogP contribution < -0.4 is 11.3 Å². The van der Waals surface area contributed by atoms with Gasteiger partial charge in [0.15, 0.2) is 0 Å². The van der Waals surface area contributed by atoms with E-state index >= 15 is 0 Å². The molecule has 0 unspecified atom stereocenters. The van der Waals surface area contributed by atoms with Crippen molar-refractivity contribution in [1.82, 2.24) is 14.5 Å². The fourth-order valence-electron chi connectivity index (χ4n) is 1.41. The van der Waals surface area contributed by atoms with Crippen molar-refractivity contribution in [2.45, 2.75) is 32.9 Å². The lowest BCUT2D eigenvalue weighted by Crippen LogP contribution is -2.32. The van der Waals surface area contributed by atoms with Crippen molar-refractivity contribution < 1.29 is 5.11 Å². The van der Waals surface area contributed by atoms with Gasteiger partial charge in [-0.2, -0.15) is 0 Å². The first-order chi connectivity index (χ1) is 7.69. The lowest BCUT2D eigenvalue weighted by molar-refractivity contribution is 0.183. The highest BCUT2D eigenvalue weighted by molar-refractivity contribution is 7.10. The molecule has 6 nitrogen and oxygen atoms in total. The molecule has 0 radical (unpaired) electrons. The van der Waals surface area contributed by atoms with E-state index in [4.69, 9.17) is 10.9 Å². The monoisotopic (exact) mass is 245 g/mol. The highest BCUT2D eigenvalue weighted by Gasteiger charge is 2.14. The Balaban J connectivity index is 2.60. The average Bonchev–Trinajstić information content (AvgIpc) is 2.70. The van der Waals surface area contributed by atoms with Crippen molar-refractivity contribution in [3.8, 4) is 0 Å². The van der Waals surface area contributed by atoms with Gasteiger partial charge in [-0.3, -0.25) is 4.90 Å². The van der Waals surface area contributed by atoms with Crippen LogP contribution in [-0.4, -0.2) is 38.8 Å². The van der Waals surface area contributed by atoms with Gasteiger partial charge in [0.25, 0.3) is 0 Å². The fourth-order valence-corrected chi connectivity index (χ4v) is 1.89. The number of hydrogen-bond donors (Lipinski definition) is 3. The van der Waals surface area contributed by atoms with E-state index in [-0.39, 0.29) is 6.61 Å². The van der Waals surface area contributed by atoms with E-state index in [1.807, 2.05) is 0 Å². The first kappa shape index (κ1) is 13.3. The van der Waals surface area contributed by atoms with Gasteiger partial charge in [0.1, 0.15) is 10.7 Å². The molecule has 0 atom stereocenters. The van der Waals surface area contributed by atoms with Crippen LogP contribution in [0.1, 0.15) is 26.0 Å². The third-order valence-corrected chi connectivity index (χ3v) is 3.07. The molecule has 16 heavy (non-hydrogen) atoms.